The van der Waals surface area contributed by atoms with Gasteiger partial charge in [0, 0.05) is 5.56 Å². The molecule has 1 amide bonds. The van der Waals surface area contributed by atoms with E-state index < -0.39 is 17.7 Å². The normalized spacial score (nSPS) is 18.1. The van der Waals surface area contributed by atoms with Crippen LogP contribution in [-0.2, 0) is 9.59 Å². The number of fused-ring (bicyclic) bond motifs is 2. The van der Waals surface area contributed by atoms with Crippen LogP contribution in [0.1, 0.15) is 36.1 Å². The minimum Gasteiger partial charge on any atom is -0.507 e. The lowest BCUT2D eigenvalue weighted by molar-refractivity contribution is -0.132. The van der Waals surface area contributed by atoms with Crippen molar-refractivity contribution >= 4 is 44.1 Å². The van der Waals surface area contributed by atoms with Gasteiger partial charge in [-0.15, -0.1) is 0 Å². The third-order valence-corrected chi connectivity index (χ3v) is 7.68. The van der Waals surface area contributed by atoms with Gasteiger partial charge in [-0.2, -0.15) is 0 Å². The molecule has 8 nitrogen and oxygen atoms in total. The van der Waals surface area contributed by atoms with Crippen molar-refractivity contribution in [2.75, 3.05) is 24.7 Å². The van der Waals surface area contributed by atoms with Gasteiger partial charge in [-0.05, 0) is 66.9 Å². The molecule has 3 heterocycles. The maximum atomic E-state index is 13.5. The van der Waals surface area contributed by atoms with Gasteiger partial charge in [-0.25, -0.2) is 4.98 Å². The average molecular weight is 543 g/mol. The van der Waals surface area contributed by atoms with E-state index in [4.69, 9.17) is 14.2 Å². The minimum absolute atomic E-state index is 0.0191. The summed E-state index contributed by atoms with van der Waals surface area (Å²) in [7, 11) is 0. The van der Waals surface area contributed by atoms with E-state index in [1.165, 1.54) is 16.2 Å². The number of benzene rings is 3. The van der Waals surface area contributed by atoms with Gasteiger partial charge < -0.3 is 19.3 Å². The van der Waals surface area contributed by atoms with Crippen LogP contribution in [0.4, 0.5) is 5.13 Å². The van der Waals surface area contributed by atoms with Crippen molar-refractivity contribution in [1.29, 1.82) is 0 Å². The molecule has 1 atom stereocenters. The molecule has 0 spiro atoms. The Morgan fingerprint density at radius 1 is 1.05 bits per heavy atom. The third kappa shape index (κ3) is 4.48. The molecule has 0 radical (unpaired) electrons. The SMILES string of the molecule is CCCOc1ccc(C2/C(=C(\O)c3ccc4c(c3)OCCO4)C(=O)C(=O)N2c2nc3ccc(C)cc3s2)cc1. The highest BCUT2D eigenvalue weighted by molar-refractivity contribution is 7.22. The lowest BCUT2D eigenvalue weighted by Gasteiger charge is -2.23. The van der Waals surface area contributed by atoms with E-state index in [1.807, 2.05) is 44.2 Å². The van der Waals surface area contributed by atoms with E-state index in [-0.39, 0.29) is 11.3 Å². The predicted octanol–water partition coefficient (Wildman–Crippen LogP) is 5.79. The molecule has 2 aliphatic heterocycles. The Morgan fingerprint density at radius 2 is 1.82 bits per heavy atom. The van der Waals surface area contributed by atoms with Crippen LogP contribution in [-0.4, -0.2) is 41.6 Å². The maximum Gasteiger partial charge on any atom is 0.301 e. The second-order valence-electron chi connectivity index (χ2n) is 9.41. The number of carbonyl (C=O) groups excluding carboxylic acids is 2. The first-order chi connectivity index (χ1) is 18.9. The fraction of sp³-hybridized carbons (Fsp3) is 0.233. The summed E-state index contributed by atoms with van der Waals surface area (Å²) in [6.07, 6.45) is 0.870. The van der Waals surface area contributed by atoms with Gasteiger partial charge in [0.25, 0.3) is 5.78 Å². The molecule has 0 bridgehead atoms. The second-order valence-corrected chi connectivity index (χ2v) is 10.4. The molecular formula is C30H26N2O6S. The quantitative estimate of drug-likeness (QED) is 0.187. The number of aryl methyl sites for hydroxylation is 1. The average Bonchev–Trinajstić information content (AvgIpc) is 3.48. The number of hydrogen-bond donors (Lipinski definition) is 1. The highest BCUT2D eigenvalue weighted by atomic mass is 32.1. The zero-order valence-electron chi connectivity index (χ0n) is 21.5. The molecule has 2 aliphatic rings. The molecule has 1 unspecified atom stereocenters. The fourth-order valence-corrected chi connectivity index (χ4v) is 5.87. The highest BCUT2D eigenvalue weighted by Gasteiger charge is 2.48. The number of ether oxygens (including phenoxy) is 3. The number of Topliss-reactive ketones (excluding diaryl/α,β-unsaturated/α-hetero) is 1. The Labute approximate surface area is 229 Å². The molecule has 4 aromatic rings. The van der Waals surface area contributed by atoms with Crippen molar-refractivity contribution in [3.8, 4) is 17.2 Å². The monoisotopic (exact) mass is 542 g/mol. The maximum absolute atomic E-state index is 13.5. The number of hydrogen-bond acceptors (Lipinski definition) is 8. The van der Waals surface area contributed by atoms with E-state index >= 15 is 0 Å². The van der Waals surface area contributed by atoms with E-state index in [9.17, 15) is 14.7 Å². The third-order valence-electron chi connectivity index (χ3n) is 6.67. The zero-order chi connectivity index (χ0) is 27.1. The number of rotatable bonds is 6. The van der Waals surface area contributed by atoms with E-state index in [0.717, 1.165) is 22.2 Å². The molecule has 198 valence electrons. The van der Waals surface area contributed by atoms with Crippen LogP contribution in [0.3, 0.4) is 0 Å². The lowest BCUT2D eigenvalue weighted by atomic mass is 9.95. The molecule has 9 heteroatoms. The Bertz CT molecular complexity index is 1620. The first-order valence-corrected chi connectivity index (χ1v) is 13.6. The van der Waals surface area contributed by atoms with Crippen molar-refractivity contribution in [3.63, 3.8) is 0 Å². The fourth-order valence-electron chi connectivity index (χ4n) is 4.78. The van der Waals surface area contributed by atoms with Crippen LogP contribution < -0.4 is 19.1 Å². The number of amides is 1. The van der Waals surface area contributed by atoms with Crippen molar-refractivity contribution in [2.24, 2.45) is 0 Å². The van der Waals surface area contributed by atoms with Crippen LogP contribution in [0.5, 0.6) is 17.2 Å². The van der Waals surface area contributed by atoms with Crippen LogP contribution in [0, 0.1) is 6.92 Å². The molecule has 0 saturated carbocycles. The first-order valence-electron chi connectivity index (χ1n) is 12.8. The number of anilines is 1. The summed E-state index contributed by atoms with van der Waals surface area (Å²) < 4.78 is 17.9. The van der Waals surface area contributed by atoms with Crippen LogP contribution in [0.15, 0.2) is 66.2 Å². The molecule has 1 fully saturated rings. The van der Waals surface area contributed by atoms with Crippen molar-refractivity contribution in [1.82, 2.24) is 4.98 Å². The smallest absolute Gasteiger partial charge is 0.301 e. The largest absolute Gasteiger partial charge is 0.507 e. The zero-order valence-corrected chi connectivity index (χ0v) is 22.3. The Kier molecular flexibility index (Phi) is 6.44. The van der Waals surface area contributed by atoms with Gasteiger partial charge in [0.2, 0.25) is 0 Å². The number of aliphatic hydroxyl groups is 1. The molecule has 6 rings (SSSR count). The van der Waals surface area contributed by atoms with Gasteiger partial charge in [0.1, 0.15) is 24.7 Å². The van der Waals surface area contributed by atoms with Gasteiger partial charge in [-0.1, -0.05) is 36.5 Å². The number of carbonyl (C=O) groups is 2. The number of ketones is 1. The van der Waals surface area contributed by atoms with Crippen LogP contribution in [0.25, 0.3) is 16.0 Å². The number of nitrogens with zero attached hydrogens (tertiary/aromatic N) is 2. The summed E-state index contributed by atoms with van der Waals surface area (Å²) >= 11 is 1.33. The summed E-state index contributed by atoms with van der Waals surface area (Å²) in [6.45, 7) is 5.40. The van der Waals surface area contributed by atoms with Gasteiger partial charge >= 0.3 is 5.91 Å². The van der Waals surface area contributed by atoms with Crippen molar-refractivity contribution < 1.29 is 28.9 Å². The molecular weight excluding hydrogens is 516 g/mol. The molecule has 1 aromatic heterocycles. The Hall–Kier alpha value is -4.37. The van der Waals surface area contributed by atoms with Crippen molar-refractivity contribution in [2.45, 2.75) is 26.3 Å². The summed E-state index contributed by atoms with van der Waals surface area (Å²) in [4.78, 5) is 33.2. The number of aliphatic hydroxyl groups excluding tert-OH is 1. The predicted molar refractivity (Wildman–Crippen MR) is 149 cm³/mol. The number of aromatic nitrogens is 1. The molecule has 3 aromatic carbocycles. The van der Waals surface area contributed by atoms with E-state index in [2.05, 4.69) is 4.98 Å². The van der Waals surface area contributed by atoms with Crippen LogP contribution >= 0.6 is 11.3 Å². The first kappa shape index (κ1) is 24.9. The number of thiazole rings is 1. The summed E-state index contributed by atoms with van der Waals surface area (Å²) in [5.74, 6) is -0.117. The van der Waals surface area contributed by atoms with E-state index in [1.54, 1.807) is 30.3 Å². The molecule has 39 heavy (non-hydrogen) atoms. The topological polar surface area (TPSA) is 98.2 Å². The summed E-state index contributed by atoms with van der Waals surface area (Å²) in [5.41, 5.74) is 2.78. The van der Waals surface area contributed by atoms with Gasteiger partial charge in [0.15, 0.2) is 16.6 Å². The lowest BCUT2D eigenvalue weighted by Crippen LogP contribution is -2.29. The second kappa shape index (κ2) is 10.1. The standard InChI is InChI=1S/C30H26N2O6S/c1-3-12-36-20-8-5-18(6-9-20)26-25(27(33)19-7-11-22-23(16-19)38-14-13-37-22)28(34)29(35)32(26)30-31-21-10-4-17(2)15-24(21)39-30/h4-11,15-16,26,33H,3,12-14H2,1-2H3/b27-25+. The van der Waals surface area contributed by atoms with Crippen LogP contribution in [0.2, 0.25) is 0 Å². The summed E-state index contributed by atoms with van der Waals surface area (Å²) in [5, 5.41) is 11.9. The Morgan fingerprint density at radius 3 is 2.59 bits per heavy atom. The van der Waals surface area contributed by atoms with Gasteiger partial charge in [-0.3, -0.25) is 14.5 Å². The highest BCUT2D eigenvalue weighted by Crippen LogP contribution is 2.45. The van der Waals surface area contributed by atoms with Gasteiger partial charge in [0.05, 0.1) is 28.4 Å². The van der Waals surface area contributed by atoms with Crippen molar-refractivity contribution in [3.05, 3.63) is 82.9 Å². The molecule has 1 N–H and O–H groups in total. The molecule has 1 saturated heterocycles. The summed E-state index contributed by atoms with van der Waals surface area (Å²) in [6, 6.07) is 17.1. The van der Waals surface area contributed by atoms with E-state index in [0.29, 0.717) is 53.3 Å². The Balaban J connectivity index is 1.50. The minimum atomic E-state index is -0.889. The molecule has 0 aliphatic carbocycles.